The number of piperazine rings is 1. The molecule has 0 bridgehead atoms. The zero-order valence-electron chi connectivity index (χ0n) is 15.1. The summed E-state index contributed by atoms with van der Waals surface area (Å²) in [4.78, 5) is 29.1. The van der Waals surface area contributed by atoms with E-state index in [1.54, 1.807) is 11.0 Å². The lowest BCUT2D eigenvalue weighted by atomic mass is 10.2. The van der Waals surface area contributed by atoms with Crippen molar-refractivity contribution in [2.45, 2.75) is 18.4 Å². The van der Waals surface area contributed by atoms with Crippen molar-refractivity contribution in [2.75, 3.05) is 26.2 Å². The average Bonchev–Trinajstić information content (AvgIpc) is 3.15. The van der Waals surface area contributed by atoms with Crippen molar-refractivity contribution < 1.29 is 18.0 Å². The first-order chi connectivity index (χ1) is 13.3. The summed E-state index contributed by atoms with van der Waals surface area (Å²) in [7, 11) is -3.69. The molecule has 1 amide bonds. The molecule has 1 aromatic carbocycles. The molecule has 0 spiro atoms. The number of hydrogen-bond acceptors (Lipinski definition) is 7. The molecule has 0 aliphatic carbocycles. The number of ketones is 1. The van der Waals surface area contributed by atoms with E-state index >= 15 is 0 Å². The Morgan fingerprint density at radius 3 is 2.32 bits per heavy atom. The molecule has 1 aliphatic rings. The van der Waals surface area contributed by atoms with Crippen molar-refractivity contribution in [3.05, 3.63) is 42.0 Å². The zero-order chi connectivity index (χ0) is 20.3. The molecule has 11 heteroatoms. The minimum atomic E-state index is -3.69. The highest BCUT2D eigenvalue weighted by atomic mass is 32.2. The van der Waals surface area contributed by atoms with Gasteiger partial charge in [0.1, 0.15) is 18.9 Å². The molecular weight excluding hydrogens is 384 g/mol. The summed E-state index contributed by atoms with van der Waals surface area (Å²) in [6, 6.07) is 7.60. The van der Waals surface area contributed by atoms with E-state index in [1.807, 2.05) is 0 Å². The second kappa shape index (κ2) is 7.87. The number of rotatable bonds is 5. The summed E-state index contributed by atoms with van der Waals surface area (Å²) in [6.07, 6.45) is 1.31. The lowest BCUT2D eigenvalue weighted by Gasteiger charge is -2.34. The number of nitriles is 1. The molecule has 0 saturated carbocycles. The maximum absolute atomic E-state index is 12.8. The van der Waals surface area contributed by atoms with Gasteiger partial charge in [0.15, 0.2) is 5.78 Å². The predicted octanol–water partition coefficient (Wildman–Crippen LogP) is -0.115. The topological polar surface area (TPSA) is 129 Å². The molecule has 1 fully saturated rings. The van der Waals surface area contributed by atoms with E-state index in [9.17, 15) is 18.0 Å². The Labute approximate surface area is 162 Å². The monoisotopic (exact) mass is 402 g/mol. The maximum atomic E-state index is 12.8. The normalized spacial score (nSPS) is 15.2. The van der Waals surface area contributed by atoms with Crippen molar-refractivity contribution in [1.82, 2.24) is 24.0 Å². The molecule has 28 heavy (non-hydrogen) atoms. The highest BCUT2D eigenvalue weighted by molar-refractivity contribution is 7.89. The Morgan fingerprint density at radius 1 is 1.14 bits per heavy atom. The summed E-state index contributed by atoms with van der Waals surface area (Å²) in [5, 5.41) is 12.6. The fraction of sp³-hybridized carbons (Fsp3) is 0.353. The number of Topliss-reactive ketones (excluding diaryl/α,β-unsaturated/α-hetero) is 1. The Balaban J connectivity index is 1.61. The van der Waals surface area contributed by atoms with E-state index in [0.29, 0.717) is 5.56 Å². The van der Waals surface area contributed by atoms with Gasteiger partial charge in [-0.15, -0.1) is 5.10 Å². The second-order valence-corrected chi connectivity index (χ2v) is 8.18. The van der Waals surface area contributed by atoms with Crippen molar-refractivity contribution in [3.63, 3.8) is 0 Å². The van der Waals surface area contributed by atoms with E-state index in [-0.39, 0.29) is 55.1 Å². The van der Waals surface area contributed by atoms with Crippen molar-refractivity contribution >= 4 is 21.7 Å². The van der Waals surface area contributed by atoms with Crippen LogP contribution in [-0.4, -0.2) is 70.3 Å². The molecule has 10 nitrogen and oxygen atoms in total. The van der Waals surface area contributed by atoms with Crippen molar-refractivity contribution in [1.29, 1.82) is 5.26 Å². The fourth-order valence-corrected chi connectivity index (χ4v) is 4.27. The van der Waals surface area contributed by atoms with Crippen LogP contribution in [0.25, 0.3) is 0 Å². The first-order valence-corrected chi connectivity index (χ1v) is 9.94. The van der Waals surface area contributed by atoms with Crippen molar-refractivity contribution in [2.24, 2.45) is 0 Å². The number of aromatic nitrogens is 3. The Kier molecular flexibility index (Phi) is 5.53. The Bertz CT molecular complexity index is 1030. The van der Waals surface area contributed by atoms with Gasteiger partial charge in [-0.05, 0) is 19.1 Å². The van der Waals surface area contributed by atoms with E-state index < -0.39 is 10.0 Å². The summed E-state index contributed by atoms with van der Waals surface area (Å²) in [5.41, 5.74) is 0.446. The van der Waals surface area contributed by atoms with E-state index in [0.717, 1.165) is 0 Å². The van der Waals surface area contributed by atoms with Crippen LogP contribution in [0.3, 0.4) is 0 Å². The van der Waals surface area contributed by atoms with Gasteiger partial charge in [0.25, 0.3) is 5.82 Å². The van der Waals surface area contributed by atoms with Crippen LogP contribution in [0.2, 0.25) is 0 Å². The molecule has 0 atom stereocenters. The number of sulfonamides is 1. The van der Waals surface area contributed by atoms with Crippen LogP contribution in [0.4, 0.5) is 0 Å². The molecule has 2 heterocycles. The van der Waals surface area contributed by atoms with Gasteiger partial charge in [-0.2, -0.15) is 9.57 Å². The largest absolute Gasteiger partial charge is 0.338 e. The minimum absolute atomic E-state index is 0.0143. The van der Waals surface area contributed by atoms with Crippen LogP contribution < -0.4 is 0 Å². The third-order valence-corrected chi connectivity index (χ3v) is 6.34. The van der Waals surface area contributed by atoms with E-state index in [4.69, 9.17) is 5.26 Å². The first-order valence-electron chi connectivity index (χ1n) is 8.50. The summed E-state index contributed by atoms with van der Waals surface area (Å²) < 4.78 is 28.1. The minimum Gasteiger partial charge on any atom is -0.338 e. The standard InChI is InChI=1S/C17H18N6O4S/c1-13(24)14-2-4-15(5-3-14)28(26,27)23-8-6-21(7-9-23)17(25)11-22-12-19-16(10-18)20-22/h2-5,12H,6-9,11H2,1H3. The molecule has 3 rings (SSSR count). The van der Waals surface area contributed by atoms with Gasteiger partial charge in [-0.1, -0.05) is 12.1 Å². The number of amides is 1. The zero-order valence-corrected chi connectivity index (χ0v) is 16.0. The number of carbonyl (C=O) groups is 2. The number of benzene rings is 1. The quantitative estimate of drug-likeness (QED) is 0.638. The first kappa shape index (κ1) is 19.7. The average molecular weight is 402 g/mol. The third kappa shape index (κ3) is 4.08. The molecular formula is C17H18N6O4S. The highest BCUT2D eigenvalue weighted by Crippen LogP contribution is 2.18. The van der Waals surface area contributed by atoms with Crippen LogP contribution in [0.5, 0.6) is 0 Å². The number of hydrogen-bond donors (Lipinski definition) is 0. The van der Waals surface area contributed by atoms with Gasteiger partial charge in [-0.25, -0.2) is 18.1 Å². The van der Waals surface area contributed by atoms with Crippen LogP contribution >= 0.6 is 0 Å². The van der Waals surface area contributed by atoms with Gasteiger partial charge in [0, 0.05) is 31.7 Å². The Hall–Kier alpha value is -3.10. The molecule has 1 aromatic heterocycles. The Morgan fingerprint density at radius 2 is 1.79 bits per heavy atom. The summed E-state index contributed by atoms with van der Waals surface area (Å²) in [6.45, 7) is 2.20. The molecule has 1 aliphatic heterocycles. The highest BCUT2D eigenvalue weighted by Gasteiger charge is 2.30. The molecule has 2 aromatic rings. The number of carbonyl (C=O) groups excluding carboxylic acids is 2. The van der Waals surface area contributed by atoms with Crippen molar-refractivity contribution in [3.8, 4) is 6.07 Å². The lowest BCUT2D eigenvalue weighted by molar-refractivity contribution is -0.133. The molecule has 1 saturated heterocycles. The smallest absolute Gasteiger partial charge is 0.252 e. The maximum Gasteiger partial charge on any atom is 0.252 e. The van der Waals surface area contributed by atoms with Gasteiger partial charge in [0.05, 0.1) is 4.90 Å². The predicted molar refractivity (Wildman–Crippen MR) is 96.5 cm³/mol. The van der Waals surface area contributed by atoms with Crippen LogP contribution in [0, 0.1) is 11.3 Å². The van der Waals surface area contributed by atoms with Gasteiger partial charge < -0.3 is 4.90 Å². The lowest BCUT2D eigenvalue weighted by Crippen LogP contribution is -2.51. The van der Waals surface area contributed by atoms with E-state index in [2.05, 4.69) is 10.1 Å². The number of nitrogens with zero attached hydrogens (tertiary/aromatic N) is 6. The SMILES string of the molecule is CC(=O)c1ccc(S(=O)(=O)N2CCN(C(=O)Cn3cnc(C#N)n3)CC2)cc1. The van der Waals surface area contributed by atoms with E-state index in [1.165, 1.54) is 46.5 Å². The van der Waals surface area contributed by atoms with Gasteiger partial charge in [-0.3, -0.25) is 9.59 Å². The third-order valence-electron chi connectivity index (χ3n) is 4.42. The summed E-state index contributed by atoms with van der Waals surface area (Å²) in [5.74, 6) is -0.373. The second-order valence-electron chi connectivity index (χ2n) is 6.24. The van der Waals surface area contributed by atoms with Crippen LogP contribution in [0.1, 0.15) is 23.1 Å². The van der Waals surface area contributed by atoms with Gasteiger partial charge >= 0.3 is 0 Å². The van der Waals surface area contributed by atoms with Crippen LogP contribution in [0.15, 0.2) is 35.5 Å². The van der Waals surface area contributed by atoms with Crippen LogP contribution in [-0.2, 0) is 21.4 Å². The summed E-state index contributed by atoms with van der Waals surface area (Å²) >= 11 is 0. The molecule has 0 unspecified atom stereocenters. The fourth-order valence-electron chi connectivity index (χ4n) is 2.85. The molecule has 0 N–H and O–H groups in total. The molecule has 0 radical (unpaired) electrons. The molecule has 146 valence electrons. The van der Waals surface area contributed by atoms with Gasteiger partial charge in [0.2, 0.25) is 15.9 Å².